The van der Waals surface area contributed by atoms with Crippen molar-refractivity contribution in [3.8, 4) is 0 Å². The minimum absolute atomic E-state index is 0.0772. The molecule has 0 amide bonds. The summed E-state index contributed by atoms with van der Waals surface area (Å²) in [5.74, 6) is -0.304. The molecule has 0 aromatic rings. The van der Waals surface area contributed by atoms with E-state index in [1.54, 1.807) is 0 Å². The summed E-state index contributed by atoms with van der Waals surface area (Å²) < 4.78 is -0.0948. The highest BCUT2D eigenvalue weighted by molar-refractivity contribution is 8.14. The lowest BCUT2D eigenvalue weighted by molar-refractivity contribution is -0.117. The van der Waals surface area contributed by atoms with E-state index in [1.165, 1.54) is 17.8 Å². The van der Waals surface area contributed by atoms with Gasteiger partial charge >= 0.3 is 0 Å². The fraction of sp³-hybridized carbons (Fsp3) is 0.769. The zero-order chi connectivity index (χ0) is 12.8. The van der Waals surface area contributed by atoms with Gasteiger partial charge < -0.3 is 5.11 Å². The Morgan fingerprint density at radius 1 is 1.50 bits per heavy atom. The van der Waals surface area contributed by atoms with Gasteiger partial charge in [-0.05, 0) is 6.42 Å². The van der Waals surface area contributed by atoms with Gasteiger partial charge in [-0.25, -0.2) is 0 Å². The zero-order valence-electron chi connectivity index (χ0n) is 10.8. The summed E-state index contributed by atoms with van der Waals surface area (Å²) >= 11 is 1.31. The second-order valence-corrected chi connectivity index (χ2v) is 6.84. The molecule has 0 rings (SSSR count). The lowest BCUT2D eigenvalue weighted by Crippen LogP contribution is -2.27. The van der Waals surface area contributed by atoms with Gasteiger partial charge in [-0.15, -0.1) is 6.58 Å². The van der Waals surface area contributed by atoms with Crippen molar-refractivity contribution in [1.82, 2.24) is 0 Å². The Bertz CT molecular complexity index is 231. The topological polar surface area (TPSA) is 37.3 Å². The molecule has 3 heteroatoms. The first-order chi connectivity index (χ1) is 7.31. The Balaban J connectivity index is 4.49. The minimum atomic E-state index is -0.714. The summed E-state index contributed by atoms with van der Waals surface area (Å²) in [6, 6.07) is 0. The number of rotatable bonds is 6. The van der Waals surface area contributed by atoms with E-state index in [1.807, 2.05) is 20.8 Å². The van der Waals surface area contributed by atoms with Crippen LogP contribution >= 0.6 is 11.8 Å². The van der Waals surface area contributed by atoms with Gasteiger partial charge in [0.2, 0.25) is 0 Å². The molecule has 94 valence electrons. The molecular formula is C13H24O2S. The van der Waals surface area contributed by atoms with Crippen molar-refractivity contribution in [3.63, 3.8) is 0 Å². The van der Waals surface area contributed by atoms with Crippen molar-refractivity contribution >= 4 is 16.9 Å². The van der Waals surface area contributed by atoms with Gasteiger partial charge in [-0.3, -0.25) is 4.79 Å². The van der Waals surface area contributed by atoms with E-state index < -0.39 is 6.10 Å². The molecule has 0 heterocycles. The van der Waals surface area contributed by atoms with Gasteiger partial charge in [-0.1, -0.05) is 58.4 Å². The van der Waals surface area contributed by atoms with Gasteiger partial charge in [0.05, 0.1) is 12.0 Å². The summed E-state index contributed by atoms with van der Waals surface area (Å²) in [6.07, 6.45) is 3.49. The van der Waals surface area contributed by atoms with Crippen LogP contribution in [0.25, 0.3) is 0 Å². The third-order valence-corrected chi connectivity index (χ3v) is 3.35. The van der Waals surface area contributed by atoms with E-state index in [0.29, 0.717) is 0 Å². The summed E-state index contributed by atoms with van der Waals surface area (Å²) in [4.78, 5) is 12.0. The molecule has 2 nitrogen and oxygen atoms in total. The van der Waals surface area contributed by atoms with Gasteiger partial charge in [0.15, 0.2) is 5.12 Å². The fourth-order valence-electron chi connectivity index (χ4n) is 1.39. The maximum Gasteiger partial charge on any atom is 0.195 e. The van der Waals surface area contributed by atoms with E-state index in [2.05, 4.69) is 13.5 Å². The Kier molecular flexibility index (Phi) is 7.00. The smallest absolute Gasteiger partial charge is 0.195 e. The molecule has 1 N–H and O–H groups in total. The van der Waals surface area contributed by atoms with E-state index >= 15 is 0 Å². The van der Waals surface area contributed by atoms with Crippen molar-refractivity contribution in [1.29, 1.82) is 0 Å². The number of hydrogen-bond donors (Lipinski definition) is 1. The van der Waals surface area contributed by atoms with Crippen LogP contribution in [0.1, 0.15) is 47.0 Å². The second-order valence-electron chi connectivity index (χ2n) is 5.01. The standard InChI is InChI=1S/C13H24O2S/c1-6-8-9-10(11(14)7-2)12(15)16-13(3,4)5/h7,10-11,14H,2,6,8-9H2,1,3-5H3/t10-,11-/m0/s1. The molecule has 16 heavy (non-hydrogen) atoms. The first kappa shape index (κ1) is 15.7. The van der Waals surface area contributed by atoms with Crippen molar-refractivity contribution in [3.05, 3.63) is 12.7 Å². The summed E-state index contributed by atoms with van der Waals surface area (Å²) in [5.41, 5.74) is 0. The number of unbranched alkanes of at least 4 members (excludes halogenated alkanes) is 1. The van der Waals surface area contributed by atoms with E-state index in [9.17, 15) is 9.90 Å². The molecule has 0 aromatic carbocycles. The van der Waals surface area contributed by atoms with E-state index in [4.69, 9.17) is 0 Å². The lowest BCUT2D eigenvalue weighted by atomic mass is 9.97. The first-order valence-corrected chi connectivity index (χ1v) is 6.67. The summed E-state index contributed by atoms with van der Waals surface area (Å²) in [6.45, 7) is 11.7. The van der Waals surface area contributed by atoms with Gasteiger partial charge in [-0.2, -0.15) is 0 Å². The number of aliphatic hydroxyl groups excluding tert-OH is 1. The first-order valence-electron chi connectivity index (χ1n) is 5.85. The van der Waals surface area contributed by atoms with Crippen LogP contribution < -0.4 is 0 Å². The molecule has 0 unspecified atom stereocenters. The fourth-order valence-corrected chi connectivity index (χ4v) is 2.41. The Hall–Kier alpha value is -0.280. The Morgan fingerprint density at radius 2 is 2.06 bits per heavy atom. The molecule has 0 aliphatic heterocycles. The van der Waals surface area contributed by atoms with Crippen LogP contribution in [-0.2, 0) is 4.79 Å². The van der Waals surface area contributed by atoms with Gasteiger partial charge in [0.25, 0.3) is 0 Å². The van der Waals surface area contributed by atoms with Crippen LogP contribution in [0.3, 0.4) is 0 Å². The van der Waals surface area contributed by atoms with Gasteiger partial charge in [0, 0.05) is 4.75 Å². The average molecular weight is 244 g/mol. The Labute approximate surface area is 104 Å². The molecule has 0 saturated carbocycles. The van der Waals surface area contributed by atoms with Crippen LogP contribution in [0.4, 0.5) is 0 Å². The molecule has 0 fully saturated rings. The molecule has 0 spiro atoms. The molecule has 0 bridgehead atoms. The number of hydrogen-bond acceptors (Lipinski definition) is 3. The number of thioether (sulfide) groups is 1. The number of aliphatic hydroxyl groups is 1. The monoisotopic (exact) mass is 244 g/mol. The highest BCUT2D eigenvalue weighted by atomic mass is 32.2. The third-order valence-electron chi connectivity index (χ3n) is 2.23. The van der Waals surface area contributed by atoms with Crippen molar-refractivity contribution in [2.24, 2.45) is 5.92 Å². The number of carbonyl (C=O) groups is 1. The number of carbonyl (C=O) groups excluding carboxylic acids is 1. The molecule has 0 aliphatic rings. The van der Waals surface area contributed by atoms with Crippen molar-refractivity contribution in [2.75, 3.05) is 0 Å². The highest BCUT2D eigenvalue weighted by Gasteiger charge is 2.28. The van der Waals surface area contributed by atoms with Gasteiger partial charge in [0.1, 0.15) is 0 Å². The van der Waals surface area contributed by atoms with Crippen LogP contribution in [-0.4, -0.2) is 21.1 Å². The van der Waals surface area contributed by atoms with Crippen LogP contribution in [0.2, 0.25) is 0 Å². The maximum atomic E-state index is 12.0. The van der Waals surface area contributed by atoms with Crippen LogP contribution in [0, 0.1) is 5.92 Å². The lowest BCUT2D eigenvalue weighted by Gasteiger charge is -2.23. The Morgan fingerprint density at radius 3 is 2.44 bits per heavy atom. The SMILES string of the molecule is C=C[C@H](O)[C@H](CCCC)C(=O)SC(C)(C)C. The zero-order valence-corrected chi connectivity index (χ0v) is 11.6. The predicted molar refractivity (Wildman–Crippen MR) is 71.6 cm³/mol. The summed E-state index contributed by atoms with van der Waals surface area (Å²) in [7, 11) is 0. The van der Waals surface area contributed by atoms with Crippen molar-refractivity contribution < 1.29 is 9.90 Å². The van der Waals surface area contributed by atoms with Crippen molar-refractivity contribution in [2.45, 2.75) is 57.8 Å². The highest BCUT2D eigenvalue weighted by Crippen LogP contribution is 2.30. The minimum Gasteiger partial charge on any atom is -0.388 e. The van der Waals surface area contributed by atoms with Crippen LogP contribution in [0.15, 0.2) is 12.7 Å². The van der Waals surface area contributed by atoms with E-state index in [-0.39, 0.29) is 15.8 Å². The third kappa shape index (κ3) is 6.33. The quantitative estimate of drug-likeness (QED) is 0.728. The largest absolute Gasteiger partial charge is 0.388 e. The molecule has 0 aliphatic carbocycles. The predicted octanol–water partition coefficient (Wildman–Crippen LogP) is 3.40. The molecule has 0 saturated heterocycles. The summed E-state index contributed by atoms with van der Waals surface area (Å²) in [5, 5.41) is 9.84. The maximum absolute atomic E-state index is 12.0. The molecule has 0 radical (unpaired) electrons. The molecule has 2 atom stereocenters. The molecular weight excluding hydrogens is 220 g/mol. The second kappa shape index (κ2) is 7.13. The van der Waals surface area contributed by atoms with Crippen LogP contribution in [0.5, 0.6) is 0 Å². The normalized spacial score (nSPS) is 15.6. The molecule has 0 aromatic heterocycles. The average Bonchev–Trinajstić information content (AvgIpc) is 2.15. The van der Waals surface area contributed by atoms with E-state index in [0.717, 1.165) is 19.3 Å².